The molecule has 174 valence electrons. The minimum atomic E-state index is -0.433. The molecule has 0 aromatic heterocycles. The zero-order chi connectivity index (χ0) is 23.6. The van der Waals surface area contributed by atoms with Crippen LogP contribution in [0.15, 0.2) is 42.0 Å². The highest BCUT2D eigenvalue weighted by atomic mass is 16.5. The van der Waals surface area contributed by atoms with E-state index < -0.39 is 5.91 Å². The molecule has 3 rings (SSSR count). The zero-order valence-electron chi connectivity index (χ0n) is 19.1. The summed E-state index contributed by atoms with van der Waals surface area (Å²) in [5, 5.41) is 12.2. The van der Waals surface area contributed by atoms with Gasteiger partial charge in [-0.1, -0.05) is 6.07 Å². The molecule has 2 aromatic rings. The summed E-state index contributed by atoms with van der Waals surface area (Å²) in [6.45, 7) is 1.34. The van der Waals surface area contributed by atoms with E-state index in [2.05, 4.69) is 5.32 Å². The number of nitrogens with zero attached hydrogens (tertiary/aromatic N) is 1. The van der Waals surface area contributed by atoms with Gasteiger partial charge in [-0.05, 0) is 54.8 Å². The van der Waals surface area contributed by atoms with Gasteiger partial charge in [0.1, 0.15) is 29.7 Å². The van der Waals surface area contributed by atoms with Gasteiger partial charge in [-0.15, -0.1) is 0 Å². The first-order chi connectivity index (χ1) is 16.1. The van der Waals surface area contributed by atoms with E-state index in [0.29, 0.717) is 41.7 Å². The molecular formula is C25H28N2O6. The second-order valence-corrected chi connectivity index (χ2v) is 7.39. The van der Waals surface area contributed by atoms with Crippen LogP contribution in [0, 0.1) is 11.3 Å². The van der Waals surface area contributed by atoms with Gasteiger partial charge >= 0.3 is 0 Å². The van der Waals surface area contributed by atoms with Crippen LogP contribution in [0.5, 0.6) is 23.0 Å². The number of rotatable bonds is 10. The van der Waals surface area contributed by atoms with Crippen LogP contribution in [0.3, 0.4) is 0 Å². The zero-order valence-corrected chi connectivity index (χ0v) is 19.1. The van der Waals surface area contributed by atoms with Crippen LogP contribution in [0.25, 0.3) is 6.08 Å². The Labute approximate surface area is 193 Å². The minimum Gasteiger partial charge on any atom is -0.497 e. The van der Waals surface area contributed by atoms with Gasteiger partial charge in [0.15, 0.2) is 11.5 Å². The fourth-order valence-electron chi connectivity index (χ4n) is 3.47. The molecular weight excluding hydrogens is 424 g/mol. The van der Waals surface area contributed by atoms with Crippen molar-refractivity contribution in [3.8, 4) is 29.1 Å². The average molecular weight is 453 g/mol. The van der Waals surface area contributed by atoms with Crippen LogP contribution in [-0.2, 0) is 16.1 Å². The maximum Gasteiger partial charge on any atom is 0.262 e. The van der Waals surface area contributed by atoms with Crippen LogP contribution in [0.2, 0.25) is 0 Å². The number of carbonyl (C=O) groups excluding carboxylic acids is 1. The van der Waals surface area contributed by atoms with E-state index in [1.165, 1.54) is 13.2 Å². The average Bonchev–Trinajstić information content (AvgIpc) is 3.38. The number of hydrogen-bond acceptors (Lipinski definition) is 7. The van der Waals surface area contributed by atoms with Gasteiger partial charge < -0.3 is 29.0 Å². The normalized spacial score (nSPS) is 15.5. The number of carbonyl (C=O) groups is 1. The Morgan fingerprint density at radius 3 is 2.58 bits per heavy atom. The second-order valence-electron chi connectivity index (χ2n) is 7.39. The summed E-state index contributed by atoms with van der Waals surface area (Å²) in [5.41, 5.74) is 1.46. The van der Waals surface area contributed by atoms with Crippen molar-refractivity contribution >= 4 is 12.0 Å². The van der Waals surface area contributed by atoms with E-state index in [-0.39, 0.29) is 18.3 Å². The fraction of sp³-hybridized carbons (Fsp3) is 0.360. The van der Waals surface area contributed by atoms with Crippen molar-refractivity contribution in [1.29, 1.82) is 5.26 Å². The summed E-state index contributed by atoms with van der Waals surface area (Å²) in [5.74, 6) is 1.94. The summed E-state index contributed by atoms with van der Waals surface area (Å²) in [7, 11) is 4.72. The van der Waals surface area contributed by atoms with Crippen molar-refractivity contribution in [2.75, 3.05) is 34.5 Å². The van der Waals surface area contributed by atoms with Crippen LogP contribution < -0.4 is 24.3 Å². The molecule has 1 atom stereocenters. The number of ether oxygens (including phenoxy) is 5. The third kappa shape index (κ3) is 6.40. The Hall–Kier alpha value is -3.70. The quantitative estimate of drug-likeness (QED) is 0.435. The van der Waals surface area contributed by atoms with Crippen molar-refractivity contribution in [3.63, 3.8) is 0 Å². The summed E-state index contributed by atoms with van der Waals surface area (Å²) >= 11 is 0. The molecule has 1 aliphatic heterocycles. The number of methoxy groups -OCH3 is 3. The number of benzene rings is 2. The third-order valence-electron chi connectivity index (χ3n) is 5.25. The SMILES string of the molecule is COc1ccc(OC)c(COc2ccc(/C=C(\C#N)C(=O)NC[C@H]3CCCO3)cc2OC)c1. The lowest BCUT2D eigenvalue weighted by atomic mass is 10.1. The number of hydrogen-bond donors (Lipinski definition) is 1. The Bertz CT molecular complexity index is 1040. The van der Waals surface area contributed by atoms with Gasteiger partial charge in [0, 0.05) is 18.7 Å². The van der Waals surface area contributed by atoms with E-state index in [1.54, 1.807) is 32.4 Å². The molecule has 0 bridgehead atoms. The van der Waals surface area contributed by atoms with E-state index >= 15 is 0 Å². The van der Waals surface area contributed by atoms with Gasteiger partial charge in [0.2, 0.25) is 0 Å². The summed E-state index contributed by atoms with van der Waals surface area (Å²) in [4.78, 5) is 12.4. The van der Waals surface area contributed by atoms with Gasteiger partial charge in [-0.3, -0.25) is 4.79 Å². The summed E-state index contributed by atoms with van der Waals surface area (Å²) in [6.07, 6.45) is 3.42. The van der Waals surface area contributed by atoms with Crippen molar-refractivity contribution < 1.29 is 28.5 Å². The predicted octanol–water partition coefficient (Wildman–Crippen LogP) is 3.49. The first-order valence-corrected chi connectivity index (χ1v) is 10.6. The number of nitrogens with one attached hydrogen (secondary N) is 1. The Morgan fingerprint density at radius 2 is 1.91 bits per heavy atom. The lowest BCUT2D eigenvalue weighted by Gasteiger charge is -2.14. The van der Waals surface area contributed by atoms with Crippen molar-refractivity contribution in [3.05, 3.63) is 53.1 Å². The monoisotopic (exact) mass is 452 g/mol. The molecule has 1 saturated heterocycles. The molecule has 1 fully saturated rings. The van der Waals surface area contributed by atoms with Crippen molar-refractivity contribution in [1.82, 2.24) is 5.32 Å². The van der Waals surface area contributed by atoms with E-state index in [1.807, 2.05) is 24.3 Å². The molecule has 0 radical (unpaired) electrons. The van der Waals surface area contributed by atoms with Crippen molar-refractivity contribution in [2.45, 2.75) is 25.6 Å². The second kappa shape index (κ2) is 11.8. The molecule has 0 aliphatic carbocycles. The molecule has 33 heavy (non-hydrogen) atoms. The van der Waals surface area contributed by atoms with Crippen LogP contribution in [0.4, 0.5) is 0 Å². The molecule has 8 heteroatoms. The molecule has 0 unspecified atom stereocenters. The highest BCUT2D eigenvalue weighted by Crippen LogP contribution is 2.31. The van der Waals surface area contributed by atoms with Crippen LogP contribution >= 0.6 is 0 Å². The molecule has 1 N–H and O–H groups in total. The van der Waals surface area contributed by atoms with E-state index in [9.17, 15) is 10.1 Å². The smallest absolute Gasteiger partial charge is 0.262 e. The van der Waals surface area contributed by atoms with E-state index in [0.717, 1.165) is 18.4 Å². The molecule has 8 nitrogen and oxygen atoms in total. The minimum absolute atomic E-state index is 0.00448. The van der Waals surface area contributed by atoms with Crippen LogP contribution in [0.1, 0.15) is 24.0 Å². The first-order valence-electron chi connectivity index (χ1n) is 10.6. The first kappa shape index (κ1) is 24.0. The molecule has 1 amide bonds. The van der Waals surface area contributed by atoms with Gasteiger partial charge in [-0.25, -0.2) is 0 Å². The van der Waals surface area contributed by atoms with Gasteiger partial charge in [0.05, 0.1) is 27.4 Å². The van der Waals surface area contributed by atoms with E-state index in [4.69, 9.17) is 23.7 Å². The Morgan fingerprint density at radius 1 is 1.12 bits per heavy atom. The summed E-state index contributed by atoms with van der Waals surface area (Å²) in [6, 6.07) is 12.6. The number of amides is 1. The lowest BCUT2D eigenvalue weighted by Crippen LogP contribution is -2.32. The maximum atomic E-state index is 12.4. The van der Waals surface area contributed by atoms with Crippen LogP contribution in [-0.4, -0.2) is 46.5 Å². The molecule has 1 aliphatic rings. The largest absolute Gasteiger partial charge is 0.497 e. The Balaban J connectivity index is 1.70. The summed E-state index contributed by atoms with van der Waals surface area (Å²) < 4.78 is 27.6. The number of nitriles is 1. The topological polar surface area (TPSA) is 99.0 Å². The maximum absolute atomic E-state index is 12.4. The van der Waals surface area contributed by atoms with Gasteiger partial charge in [-0.2, -0.15) is 5.26 Å². The van der Waals surface area contributed by atoms with Gasteiger partial charge in [0.25, 0.3) is 5.91 Å². The fourth-order valence-corrected chi connectivity index (χ4v) is 3.47. The molecule has 1 heterocycles. The van der Waals surface area contributed by atoms with Crippen molar-refractivity contribution in [2.24, 2.45) is 0 Å². The molecule has 0 saturated carbocycles. The third-order valence-corrected chi connectivity index (χ3v) is 5.25. The standard InChI is InChI=1S/C25H28N2O6/c1-29-20-7-9-22(30-2)19(13-20)16-33-23-8-6-17(12-24(23)31-3)11-18(14-26)25(28)27-15-21-5-4-10-32-21/h6-9,11-13,21H,4-5,10,15-16H2,1-3H3,(H,27,28)/b18-11+/t21-/m1/s1. The Kier molecular flexibility index (Phi) is 8.56. The predicted molar refractivity (Wildman–Crippen MR) is 122 cm³/mol. The highest BCUT2D eigenvalue weighted by Gasteiger charge is 2.18. The molecule has 0 spiro atoms. The molecule has 2 aromatic carbocycles. The lowest BCUT2D eigenvalue weighted by molar-refractivity contribution is -0.117. The highest BCUT2D eigenvalue weighted by molar-refractivity contribution is 6.01.